The Labute approximate surface area is 208 Å². The molecule has 204 valence electrons. The summed E-state index contributed by atoms with van der Waals surface area (Å²) in [6, 6.07) is -3.13. The highest BCUT2D eigenvalue weighted by molar-refractivity contribution is 5.93. The highest BCUT2D eigenvalue weighted by Gasteiger charge is 2.25. The first-order valence-corrected chi connectivity index (χ1v) is 11.1. The Bertz CT molecular complexity index is 824. The van der Waals surface area contributed by atoms with Gasteiger partial charge in [0.15, 0.2) is 11.9 Å². The second kappa shape index (κ2) is 17.3. The van der Waals surface area contributed by atoms with Crippen LogP contribution in [-0.2, 0) is 24.0 Å². The van der Waals surface area contributed by atoms with Crippen LogP contribution >= 0.6 is 0 Å². The van der Waals surface area contributed by atoms with Gasteiger partial charge in [0, 0.05) is 19.5 Å². The number of nitrogens with zero attached hydrogens (tertiary/aromatic N) is 2. The fourth-order valence-corrected chi connectivity index (χ4v) is 2.81. The average Bonchev–Trinajstić information content (AvgIpc) is 2.78. The number of nitrogens with two attached hydrogens (primary N) is 7. The van der Waals surface area contributed by atoms with E-state index in [1.807, 2.05) is 0 Å². The lowest BCUT2D eigenvalue weighted by Gasteiger charge is -2.21. The maximum absolute atomic E-state index is 12.7. The molecule has 3 atom stereocenters. The van der Waals surface area contributed by atoms with Crippen molar-refractivity contribution in [3.63, 3.8) is 0 Å². The standard InChI is InChI=1S/C19H38N12O5/c20-10(3-1-7-27-18(23)24)16(35)31-12(4-2-8-28-19(25)26)17(36)29-9-14(33)30-11(15(22)34)5-6-13(21)32/h10-12H,1-9,20H2,(H2,21,32)(H2,22,34)(H,29,36)(H,30,33)(H,31,35)(H4,23,24,27)(H4,25,26,28)/t10-,11-,12-/m0/s1. The lowest BCUT2D eigenvalue weighted by atomic mass is 10.1. The molecule has 0 bridgehead atoms. The van der Waals surface area contributed by atoms with Gasteiger partial charge in [-0.05, 0) is 32.1 Å². The van der Waals surface area contributed by atoms with Crippen LogP contribution in [-0.4, -0.2) is 79.2 Å². The molecule has 0 unspecified atom stereocenters. The number of rotatable bonds is 18. The molecule has 0 aliphatic carbocycles. The van der Waals surface area contributed by atoms with Crippen LogP contribution in [0.15, 0.2) is 9.98 Å². The number of carbonyl (C=O) groups excluding carboxylic acids is 5. The van der Waals surface area contributed by atoms with Gasteiger partial charge in [-0.25, -0.2) is 0 Å². The van der Waals surface area contributed by atoms with Crippen molar-refractivity contribution < 1.29 is 24.0 Å². The molecule has 0 saturated heterocycles. The molecule has 0 radical (unpaired) electrons. The molecule has 17 heteroatoms. The summed E-state index contributed by atoms with van der Waals surface area (Å²) in [6.45, 7) is -0.0379. The van der Waals surface area contributed by atoms with Gasteiger partial charge in [-0.2, -0.15) is 0 Å². The number of guanidine groups is 2. The van der Waals surface area contributed by atoms with Gasteiger partial charge in [-0.1, -0.05) is 0 Å². The largest absolute Gasteiger partial charge is 0.370 e. The number of amides is 5. The van der Waals surface area contributed by atoms with Crippen LogP contribution < -0.4 is 56.1 Å². The Hall–Kier alpha value is -4.15. The number of nitrogens with one attached hydrogen (secondary N) is 3. The predicted octanol–water partition coefficient (Wildman–Crippen LogP) is -5.74. The first kappa shape index (κ1) is 31.8. The Morgan fingerprint density at radius 2 is 1.25 bits per heavy atom. The summed E-state index contributed by atoms with van der Waals surface area (Å²) in [5.74, 6) is -3.75. The van der Waals surface area contributed by atoms with E-state index < -0.39 is 54.2 Å². The zero-order valence-corrected chi connectivity index (χ0v) is 20.1. The summed E-state index contributed by atoms with van der Waals surface area (Å²) in [4.78, 5) is 67.3. The van der Waals surface area contributed by atoms with Gasteiger partial charge in [-0.15, -0.1) is 0 Å². The predicted molar refractivity (Wildman–Crippen MR) is 132 cm³/mol. The van der Waals surface area contributed by atoms with Gasteiger partial charge in [0.25, 0.3) is 0 Å². The van der Waals surface area contributed by atoms with Gasteiger partial charge in [0.2, 0.25) is 29.5 Å². The molecule has 0 spiro atoms. The average molecular weight is 515 g/mol. The fraction of sp³-hybridized carbons (Fsp3) is 0.632. The topological polar surface area (TPSA) is 328 Å². The van der Waals surface area contributed by atoms with Gasteiger partial charge in [0.1, 0.15) is 12.1 Å². The molecule has 5 amide bonds. The molecule has 0 saturated carbocycles. The summed E-state index contributed by atoms with van der Waals surface area (Å²) in [5, 5.41) is 7.22. The molecule has 36 heavy (non-hydrogen) atoms. The molecule has 0 fully saturated rings. The molecule has 17 nitrogen and oxygen atoms in total. The molecular formula is C19H38N12O5. The van der Waals surface area contributed by atoms with E-state index in [0.29, 0.717) is 12.8 Å². The van der Waals surface area contributed by atoms with Crippen molar-refractivity contribution >= 4 is 41.5 Å². The summed E-state index contributed by atoms with van der Waals surface area (Å²) >= 11 is 0. The van der Waals surface area contributed by atoms with E-state index in [-0.39, 0.29) is 50.7 Å². The molecule has 0 aliphatic heterocycles. The Kier molecular flexibility index (Phi) is 15.3. The Morgan fingerprint density at radius 1 is 0.694 bits per heavy atom. The third kappa shape index (κ3) is 15.6. The fourth-order valence-electron chi connectivity index (χ4n) is 2.81. The van der Waals surface area contributed by atoms with Crippen molar-refractivity contribution in [1.82, 2.24) is 16.0 Å². The van der Waals surface area contributed by atoms with Gasteiger partial charge < -0.3 is 56.1 Å². The first-order chi connectivity index (χ1) is 16.8. The third-order valence-electron chi connectivity index (χ3n) is 4.66. The number of aliphatic imine (C=N–C) groups is 2. The van der Waals surface area contributed by atoms with Crippen LogP contribution in [0.3, 0.4) is 0 Å². The van der Waals surface area contributed by atoms with Crippen molar-refractivity contribution in [2.75, 3.05) is 19.6 Å². The van der Waals surface area contributed by atoms with Crippen LogP contribution in [0.4, 0.5) is 0 Å². The SMILES string of the molecule is NC(=O)CC[C@H](NC(=O)CNC(=O)[C@H](CCCN=C(N)N)NC(=O)[C@@H](N)CCCN=C(N)N)C(N)=O. The minimum Gasteiger partial charge on any atom is -0.370 e. The highest BCUT2D eigenvalue weighted by Crippen LogP contribution is 2.02. The van der Waals surface area contributed by atoms with Crippen molar-refractivity contribution in [2.45, 2.75) is 56.7 Å². The molecule has 0 aromatic rings. The zero-order valence-electron chi connectivity index (χ0n) is 20.1. The van der Waals surface area contributed by atoms with E-state index in [9.17, 15) is 24.0 Å². The van der Waals surface area contributed by atoms with E-state index >= 15 is 0 Å². The van der Waals surface area contributed by atoms with Crippen LogP contribution in [0.5, 0.6) is 0 Å². The minimum atomic E-state index is -1.14. The molecular weight excluding hydrogens is 476 g/mol. The van der Waals surface area contributed by atoms with E-state index in [1.165, 1.54) is 0 Å². The van der Waals surface area contributed by atoms with Gasteiger partial charge in [-0.3, -0.25) is 34.0 Å². The maximum atomic E-state index is 12.7. The molecule has 0 heterocycles. The van der Waals surface area contributed by atoms with Gasteiger partial charge in [0.05, 0.1) is 12.6 Å². The number of carbonyl (C=O) groups is 5. The minimum absolute atomic E-state index is 0.0791. The molecule has 17 N–H and O–H groups in total. The second-order valence-corrected chi connectivity index (χ2v) is 7.81. The van der Waals surface area contributed by atoms with Crippen molar-refractivity contribution in [1.29, 1.82) is 0 Å². The lowest BCUT2D eigenvalue weighted by Crippen LogP contribution is -2.54. The monoisotopic (exact) mass is 514 g/mol. The molecule has 0 rings (SSSR count). The number of primary amides is 2. The lowest BCUT2D eigenvalue weighted by molar-refractivity contribution is -0.131. The maximum Gasteiger partial charge on any atom is 0.243 e. The Morgan fingerprint density at radius 3 is 1.75 bits per heavy atom. The van der Waals surface area contributed by atoms with Crippen molar-refractivity contribution in [3.05, 3.63) is 0 Å². The van der Waals surface area contributed by atoms with E-state index in [4.69, 9.17) is 40.1 Å². The van der Waals surface area contributed by atoms with E-state index in [1.54, 1.807) is 0 Å². The zero-order chi connectivity index (χ0) is 27.7. The summed E-state index contributed by atoms with van der Waals surface area (Å²) in [7, 11) is 0. The normalized spacial score (nSPS) is 12.8. The van der Waals surface area contributed by atoms with Crippen LogP contribution in [0.1, 0.15) is 38.5 Å². The molecule has 0 aromatic heterocycles. The first-order valence-electron chi connectivity index (χ1n) is 11.1. The third-order valence-corrected chi connectivity index (χ3v) is 4.66. The van der Waals surface area contributed by atoms with Crippen LogP contribution in [0.2, 0.25) is 0 Å². The van der Waals surface area contributed by atoms with Crippen LogP contribution in [0.25, 0.3) is 0 Å². The highest BCUT2D eigenvalue weighted by atomic mass is 16.2. The second-order valence-electron chi connectivity index (χ2n) is 7.81. The van der Waals surface area contributed by atoms with E-state index in [0.717, 1.165) is 0 Å². The molecule has 0 aliphatic rings. The quantitative estimate of drug-likeness (QED) is 0.0469. The summed E-state index contributed by atoms with van der Waals surface area (Å²) in [5.41, 5.74) is 37.2. The van der Waals surface area contributed by atoms with E-state index in [2.05, 4.69) is 25.9 Å². The Balaban J connectivity index is 5.00. The number of hydrogen-bond donors (Lipinski definition) is 10. The van der Waals surface area contributed by atoms with Crippen LogP contribution in [0, 0.1) is 0 Å². The molecule has 0 aromatic carbocycles. The van der Waals surface area contributed by atoms with Crippen molar-refractivity contribution in [2.24, 2.45) is 50.1 Å². The summed E-state index contributed by atoms with van der Waals surface area (Å²) in [6.07, 6.45) is 0.904. The van der Waals surface area contributed by atoms with Gasteiger partial charge >= 0.3 is 0 Å². The number of hydrogen-bond acceptors (Lipinski definition) is 8. The summed E-state index contributed by atoms with van der Waals surface area (Å²) < 4.78 is 0. The smallest absolute Gasteiger partial charge is 0.243 e. The van der Waals surface area contributed by atoms with Crippen molar-refractivity contribution in [3.8, 4) is 0 Å².